The highest BCUT2D eigenvalue weighted by Gasteiger charge is 2.14. The minimum atomic E-state index is -0.104. The molecule has 0 amide bonds. The smallest absolute Gasteiger partial charge is 0.260 e. The van der Waals surface area contributed by atoms with E-state index in [9.17, 15) is 9.59 Å². The van der Waals surface area contributed by atoms with Crippen molar-refractivity contribution in [1.82, 2.24) is 29.5 Å². The Morgan fingerprint density at radius 3 is 2.68 bits per heavy atom. The van der Waals surface area contributed by atoms with Gasteiger partial charge in [-0.2, -0.15) is 0 Å². The SMILES string of the molecule is O=c1[nH]cnc2[nH]c3ccccc3c12.O=c1[nH]cnc2c1cc1n2CCCC1. The van der Waals surface area contributed by atoms with Crippen molar-refractivity contribution in [1.29, 1.82) is 0 Å². The van der Waals surface area contributed by atoms with Gasteiger partial charge >= 0.3 is 0 Å². The van der Waals surface area contributed by atoms with Crippen LogP contribution in [0.2, 0.25) is 0 Å². The number of nitrogens with zero attached hydrogens (tertiary/aromatic N) is 3. The van der Waals surface area contributed by atoms with Crippen molar-refractivity contribution in [3.8, 4) is 0 Å². The Labute approximate surface area is 158 Å². The Hall–Kier alpha value is -3.68. The second-order valence-electron chi connectivity index (χ2n) is 6.84. The summed E-state index contributed by atoms with van der Waals surface area (Å²) in [4.78, 5) is 39.6. The van der Waals surface area contributed by atoms with Crippen LogP contribution < -0.4 is 11.1 Å². The minimum absolute atomic E-state index is 0.0306. The molecule has 1 aliphatic heterocycles. The summed E-state index contributed by atoms with van der Waals surface area (Å²) in [5.74, 6) is 0. The number of fused-ring (bicyclic) bond motifs is 6. The summed E-state index contributed by atoms with van der Waals surface area (Å²) in [7, 11) is 0. The maximum atomic E-state index is 11.5. The van der Waals surface area contributed by atoms with Crippen molar-refractivity contribution < 1.29 is 0 Å². The molecule has 3 N–H and O–H groups in total. The molecule has 5 heterocycles. The molecule has 0 unspecified atom stereocenters. The highest BCUT2D eigenvalue weighted by atomic mass is 16.1. The molecule has 0 bridgehead atoms. The number of benzene rings is 1. The third-order valence-electron chi connectivity index (χ3n) is 5.15. The Morgan fingerprint density at radius 1 is 0.929 bits per heavy atom. The van der Waals surface area contributed by atoms with Gasteiger partial charge in [-0.05, 0) is 31.4 Å². The van der Waals surface area contributed by atoms with Crippen LogP contribution in [0.15, 0.2) is 52.6 Å². The van der Waals surface area contributed by atoms with Crippen molar-refractivity contribution in [3.63, 3.8) is 0 Å². The van der Waals surface area contributed by atoms with Crippen LogP contribution in [0.25, 0.3) is 33.0 Å². The maximum Gasteiger partial charge on any atom is 0.260 e. The van der Waals surface area contributed by atoms with Gasteiger partial charge in [-0.1, -0.05) is 18.2 Å². The summed E-state index contributed by atoms with van der Waals surface area (Å²) in [6, 6.07) is 9.63. The van der Waals surface area contributed by atoms with Crippen LogP contribution >= 0.6 is 0 Å². The lowest BCUT2D eigenvalue weighted by molar-refractivity contribution is 0.542. The van der Waals surface area contributed by atoms with E-state index in [1.165, 1.54) is 31.2 Å². The summed E-state index contributed by atoms with van der Waals surface area (Å²) >= 11 is 0. The Kier molecular flexibility index (Phi) is 3.82. The van der Waals surface area contributed by atoms with Gasteiger partial charge in [0.05, 0.1) is 23.4 Å². The zero-order valence-corrected chi connectivity index (χ0v) is 15.0. The first kappa shape index (κ1) is 16.5. The molecule has 28 heavy (non-hydrogen) atoms. The molecule has 0 spiro atoms. The normalized spacial score (nSPS) is 13.4. The molecule has 0 radical (unpaired) electrons. The zero-order chi connectivity index (χ0) is 19.1. The molecule has 1 aliphatic rings. The van der Waals surface area contributed by atoms with E-state index in [1.54, 1.807) is 0 Å². The second kappa shape index (κ2) is 6.49. The molecule has 6 rings (SSSR count). The quantitative estimate of drug-likeness (QED) is 0.386. The number of hydrogen-bond donors (Lipinski definition) is 3. The molecule has 1 aromatic carbocycles. The average molecular weight is 374 g/mol. The van der Waals surface area contributed by atoms with Crippen molar-refractivity contribution >= 4 is 33.0 Å². The molecule has 0 aliphatic carbocycles. The molecule has 0 atom stereocenters. The highest BCUT2D eigenvalue weighted by molar-refractivity contribution is 6.05. The molecular weight excluding hydrogens is 356 g/mol. The highest BCUT2D eigenvalue weighted by Crippen LogP contribution is 2.21. The third kappa shape index (κ3) is 2.61. The predicted octanol–water partition coefficient (Wildman–Crippen LogP) is 2.47. The van der Waals surface area contributed by atoms with E-state index >= 15 is 0 Å². The van der Waals surface area contributed by atoms with E-state index in [0.29, 0.717) is 11.0 Å². The minimum Gasteiger partial charge on any atom is -0.339 e. The number of nitrogens with one attached hydrogen (secondary N) is 3. The lowest BCUT2D eigenvalue weighted by Crippen LogP contribution is -2.11. The van der Waals surface area contributed by atoms with Gasteiger partial charge in [0.15, 0.2) is 0 Å². The van der Waals surface area contributed by atoms with Gasteiger partial charge in [0, 0.05) is 23.1 Å². The molecule has 8 heteroatoms. The summed E-state index contributed by atoms with van der Waals surface area (Å²) < 4.78 is 2.16. The van der Waals surface area contributed by atoms with Gasteiger partial charge in [0.1, 0.15) is 11.3 Å². The fourth-order valence-corrected chi connectivity index (χ4v) is 3.84. The monoisotopic (exact) mass is 374 g/mol. The molecule has 0 saturated heterocycles. The number of hydrogen-bond acceptors (Lipinski definition) is 4. The standard InChI is InChI=1S/C10H11N3O.C10H7N3O/c14-10-8-5-7-3-1-2-4-13(7)9(8)11-6-12-10;14-10-8-6-3-1-2-4-7(6)13-9(8)11-5-12-10/h5-6H,1-4H2,(H,11,12,14);1-5H,(H2,11,12,13,14). The number of aromatic amines is 3. The summed E-state index contributed by atoms with van der Waals surface area (Å²) in [5.41, 5.74) is 3.52. The van der Waals surface area contributed by atoms with Crippen LogP contribution in [0.3, 0.4) is 0 Å². The Morgan fingerprint density at radius 2 is 1.75 bits per heavy atom. The lowest BCUT2D eigenvalue weighted by Gasteiger charge is -2.14. The summed E-state index contributed by atoms with van der Waals surface area (Å²) in [6.07, 6.45) is 6.35. The van der Waals surface area contributed by atoms with Crippen molar-refractivity contribution in [2.75, 3.05) is 0 Å². The fraction of sp³-hybridized carbons (Fsp3) is 0.200. The van der Waals surface area contributed by atoms with E-state index in [-0.39, 0.29) is 11.1 Å². The zero-order valence-electron chi connectivity index (χ0n) is 15.0. The van der Waals surface area contributed by atoms with Gasteiger partial charge in [0.25, 0.3) is 11.1 Å². The molecule has 0 fully saturated rings. The number of rotatable bonds is 0. The third-order valence-corrected chi connectivity index (χ3v) is 5.15. The molecule has 4 aromatic heterocycles. The van der Waals surface area contributed by atoms with Crippen LogP contribution in [0.1, 0.15) is 18.5 Å². The largest absolute Gasteiger partial charge is 0.339 e. The molecule has 8 nitrogen and oxygen atoms in total. The van der Waals surface area contributed by atoms with Crippen LogP contribution in [-0.2, 0) is 13.0 Å². The van der Waals surface area contributed by atoms with E-state index in [1.807, 2.05) is 30.3 Å². The number of para-hydroxylation sites is 1. The van der Waals surface area contributed by atoms with Crippen molar-refractivity contribution in [2.24, 2.45) is 0 Å². The number of aryl methyl sites for hydroxylation is 2. The average Bonchev–Trinajstić information content (AvgIpc) is 3.28. The van der Waals surface area contributed by atoms with Crippen molar-refractivity contribution in [2.45, 2.75) is 25.8 Å². The van der Waals surface area contributed by atoms with Crippen LogP contribution in [0.5, 0.6) is 0 Å². The molecule has 140 valence electrons. The van der Waals surface area contributed by atoms with Crippen molar-refractivity contribution in [3.05, 3.63) is 69.4 Å². The van der Waals surface area contributed by atoms with Gasteiger partial charge < -0.3 is 19.5 Å². The number of aromatic nitrogens is 6. The Bertz CT molecular complexity index is 1420. The first-order valence-electron chi connectivity index (χ1n) is 9.22. The van der Waals surface area contributed by atoms with Crippen LogP contribution in [0, 0.1) is 0 Å². The summed E-state index contributed by atoms with van der Waals surface area (Å²) in [5, 5.41) is 2.27. The van der Waals surface area contributed by atoms with Crippen LogP contribution in [0.4, 0.5) is 0 Å². The maximum absolute atomic E-state index is 11.5. The van der Waals surface area contributed by atoms with Gasteiger partial charge in [-0.25, -0.2) is 9.97 Å². The molecule has 0 saturated carbocycles. The molecule has 5 aromatic rings. The fourth-order valence-electron chi connectivity index (χ4n) is 3.84. The number of H-pyrrole nitrogens is 3. The topological polar surface area (TPSA) is 112 Å². The van der Waals surface area contributed by atoms with E-state index in [0.717, 1.165) is 34.9 Å². The van der Waals surface area contributed by atoms with Gasteiger partial charge in [-0.3, -0.25) is 9.59 Å². The Balaban J connectivity index is 0.000000122. The second-order valence-corrected chi connectivity index (χ2v) is 6.84. The van der Waals surface area contributed by atoms with E-state index < -0.39 is 0 Å². The van der Waals surface area contributed by atoms with Gasteiger partial charge in [0.2, 0.25) is 0 Å². The van der Waals surface area contributed by atoms with E-state index in [4.69, 9.17) is 0 Å². The van der Waals surface area contributed by atoms with Crippen LogP contribution in [-0.4, -0.2) is 29.5 Å². The summed E-state index contributed by atoms with van der Waals surface area (Å²) in [6.45, 7) is 0.995. The lowest BCUT2D eigenvalue weighted by atomic mass is 10.1. The van der Waals surface area contributed by atoms with E-state index in [2.05, 4.69) is 29.5 Å². The predicted molar refractivity (Wildman–Crippen MR) is 108 cm³/mol. The molecular formula is C20H18N6O2. The first-order chi connectivity index (χ1) is 13.7. The first-order valence-corrected chi connectivity index (χ1v) is 9.22. The van der Waals surface area contributed by atoms with Gasteiger partial charge in [-0.15, -0.1) is 0 Å².